The van der Waals surface area contributed by atoms with E-state index in [1.165, 1.54) is 0 Å². The molecule has 2 bridgehead atoms. The minimum absolute atomic E-state index is 0.113. The number of thiocarbonyl (C=S) groups is 1. The number of para-hydroxylation sites is 1. The molecule has 3 heterocycles. The predicted octanol–water partition coefficient (Wildman–Crippen LogP) is 2.34. The Morgan fingerprint density at radius 2 is 1.70 bits per heavy atom. The number of aliphatic hydroxyl groups excluding tert-OH is 1. The number of hydrogen-bond donors (Lipinski definition) is 1. The largest absolute Gasteiger partial charge is 0.457 e. The van der Waals surface area contributed by atoms with Crippen molar-refractivity contribution in [3.05, 3.63) is 66.2 Å². The van der Waals surface area contributed by atoms with E-state index in [4.69, 9.17) is 17.0 Å². The molecular formula is C21H20N2O3S. The van der Waals surface area contributed by atoms with Crippen LogP contribution in [0.5, 0.6) is 0 Å². The number of esters is 1. The van der Waals surface area contributed by atoms with Crippen molar-refractivity contribution in [2.45, 2.75) is 37.3 Å². The first-order valence-electron chi connectivity index (χ1n) is 9.22. The lowest BCUT2D eigenvalue weighted by atomic mass is 9.74. The lowest BCUT2D eigenvalue weighted by Crippen LogP contribution is -2.66. The van der Waals surface area contributed by atoms with Crippen LogP contribution in [-0.2, 0) is 16.1 Å². The number of nitrogens with zero attached hydrogens (tertiary/aromatic N) is 2. The van der Waals surface area contributed by atoms with E-state index < -0.39 is 12.2 Å². The number of carbonyl (C=O) groups excluding carboxylic acids is 1. The number of aliphatic hydroxyl groups is 1. The molecule has 0 spiro atoms. The van der Waals surface area contributed by atoms with Gasteiger partial charge in [-0.15, -0.1) is 0 Å². The van der Waals surface area contributed by atoms with Gasteiger partial charge in [0.1, 0.15) is 6.10 Å². The van der Waals surface area contributed by atoms with Gasteiger partial charge < -0.3 is 19.6 Å². The summed E-state index contributed by atoms with van der Waals surface area (Å²) in [7, 11) is 0. The van der Waals surface area contributed by atoms with Gasteiger partial charge in [0, 0.05) is 12.2 Å². The zero-order chi connectivity index (χ0) is 18.5. The van der Waals surface area contributed by atoms with Gasteiger partial charge >= 0.3 is 5.97 Å². The van der Waals surface area contributed by atoms with Gasteiger partial charge in [0.25, 0.3) is 0 Å². The van der Waals surface area contributed by atoms with Crippen LogP contribution in [0.25, 0.3) is 0 Å². The average Bonchev–Trinajstić information content (AvgIpc) is 2.98. The second kappa shape index (κ2) is 6.32. The van der Waals surface area contributed by atoms with Crippen LogP contribution in [0.4, 0.5) is 5.69 Å². The van der Waals surface area contributed by atoms with Crippen molar-refractivity contribution >= 4 is 29.0 Å². The van der Waals surface area contributed by atoms with Crippen molar-refractivity contribution in [1.29, 1.82) is 0 Å². The quantitative estimate of drug-likeness (QED) is 0.652. The first kappa shape index (κ1) is 16.7. The van der Waals surface area contributed by atoms with Gasteiger partial charge in [0.2, 0.25) is 0 Å². The highest BCUT2D eigenvalue weighted by Crippen LogP contribution is 2.46. The maximum Gasteiger partial charge on any atom is 0.311 e. The van der Waals surface area contributed by atoms with Crippen molar-refractivity contribution in [2.75, 3.05) is 4.90 Å². The zero-order valence-electron chi connectivity index (χ0n) is 14.6. The van der Waals surface area contributed by atoms with Gasteiger partial charge in [0.05, 0.1) is 24.1 Å². The Balaban J connectivity index is 1.58. The van der Waals surface area contributed by atoms with Crippen molar-refractivity contribution in [3.8, 4) is 0 Å². The average molecular weight is 380 g/mol. The molecule has 3 saturated heterocycles. The molecule has 0 radical (unpaired) electrons. The Bertz CT molecular complexity index is 876. The third-order valence-electron chi connectivity index (χ3n) is 5.87. The summed E-state index contributed by atoms with van der Waals surface area (Å²) in [5.74, 6) is -0.606. The smallest absolute Gasteiger partial charge is 0.311 e. The van der Waals surface area contributed by atoms with E-state index in [0.29, 0.717) is 18.1 Å². The third-order valence-corrected chi connectivity index (χ3v) is 6.30. The molecule has 4 aliphatic rings. The highest BCUT2D eigenvalue weighted by atomic mass is 32.1. The maximum absolute atomic E-state index is 12.5. The van der Waals surface area contributed by atoms with Crippen LogP contribution < -0.4 is 4.90 Å². The molecule has 2 aromatic carbocycles. The highest BCUT2D eigenvalue weighted by molar-refractivity contribution is 7.80. The predicted molar refractivity (Wildman–Crippen MR) is 105 cm³/mol. The fraction of sp³-hybridized carbons (Fsp3) is 0.333. The Morgan fingerprint density at radius 1 is 1.04 bits per heavy atom. The Hall–Kier alpha value is -2.44. The molecule has 0 aromatic heterocycles. The van der Waals surface area contributed by atoms with Crippen LogP contribution in [0.2, 0.25) is 0 Å². The number of carbonyl (C=O) groups is 1. The summed E-state index contributed by atoms with van der Waals surface area (Å²) in [5.41, 5.74) is 2.11. The van der Waals surface area contributed by atoms with E-state index in [1.807, 2.05) is 48.5 Å². The topological polar surface area (TPSA) is 53.0 Å². The van der Waals surface area contributed by atoms with Crippen LogP contribution in [-0.4, -0.2) is 45.4 Å². The molecule has 27 heavy (non-hydrogen) atoms. The molecule has 1 N–H and O–H groups in total. The summed E-state index contributed by atoms with van der Waals surface area (Å²) in [5, 5.41) is 11.2. The Morgan fingerprint density at radius 3 is 2.41 bits per heavy atom. The van der Waals surface area contributed by atoms with E-state index in [-0.39, 0.29) is 24.0 Å². The fourth-order valence-electron chi connectivity index (χ4n) is 4.71. The molecule has 1 saturated carbocycles. The highest BCUT2D eigenvalue weighted by Gasteiger charge is 2.62. The van der Waals surface area contributed by atoms with Crippen molar-refractivity contribution in [2.24, 2.45) is 5.92 Å². The normalized spacial score (nSPS) is 31.8. The minimum Gasteiger partial charge on any atom is -0.457 e. The summed E-state index contributed by atoms with van der Waals surface area (Å²) >= 11 is 5.87. The van der Waals surface area contributed by atoms with Gasteiger partial charge in [-0.05, 0) is 36.3 Å². The van der Waals surface area contributed by atoms with Crippen LogP contribution in [0, 0.1) is 5.92 Å². The molecule has 2 aromatic rings. The van der Waals surface area contributed by atoms with Gasteiger partial charge in [0.15, 0.2) is 5.11 Å². The Kier molecular flexibility index (Phi) is 3.91. The lowest BCUT2D eigenvalue weighted by molar-refractivity contribution is -0.194. The minimum atomic E-state index is -0.647. The van der Waals surface area contributed by atoms with E-state index in [9.17, 15) is 9.90 Å². The summed E-state index contributed by atoms with van der Waals surface area (Å²) in [4.78, 5) is 16.7. The molecule has 6 heteroatoms. The molecule has 0 unspecified atom stereocenters. The third kappa shape index (κ3) is 2.55. The molecule has 1 aliphatic carbocycles. The second-order valence-electron chi connectivity index (χ2n) is 7.39. The van der Waals surface area contributed by atoms with Crippen LogP contribution >= 0.6 is 12.2 Å². The molecular weight excluding hydrogens is 360 g/mol. The van der Waals surface area contributed by atoms with Crippen LogP contribution in [0.1, 0.15) is 12.0 Å². The molecule has 138 valence electrons. The van der Waals surface area contributed by atoms with Gasteiger partial charge in [-0.3, -0.25) is 4.79 Å². The molecule has 5 nitrogen and oxygen atoms in total. The molecule has 4 fully saturated rings. The lowest BCUT2D eigenvalue weighted by Gasteiger charge is -2.49. The van der Waals surface area contributed by atoms with E-state index in [0.717, 1.165) is 11.3 Å². The molecule has 6 rings (SSSR count). The monoisotopic (exact) mass is 380 g/mol. The second-order valence-corrected chi connectivity index (χ2v) is 7.76. The zero-order valence-corrected chi connectivity index (χ0v) is 15.5. The summed E-state index contributed by atoms with van der Waals surface area (Å²) in [6, 6.07) is 19.8. The molecule has 5 atom stereocenters. The van der Waals surface area contributed by atoms with Gasteiger partial charge in [-0.25, -0.2) is 0 Å². The van der Waals surface area contributed by atoms with Crippen molar-refractivity contribution in [1.82, 2.24) is 4.90 Å². The summed E-state index contributed by atoms with van der Waals surface area (Å²) < 4.78 is 5.60. The number of fused-ring (bicyclic) bond motifs is 2. The number of benzene rings is 2. The van der Waals surface area contributed by atoms with Gasteiger partial charge in [-0.2, -0.15) is 0 Å². The van der Waals surface area contributed by atoms with Crippen LogP contribution in [0.15, 0.2) is 60.7 Å². The standard InChI is InChI=1S/C21H20N2O3S/c24-16-11-15-17-18(19(16)26-20(15)25)22(12-13-7-3-1-4-8-13)21(27)23(17)14-9-5-2-6-10-14/h1-10,15-19,24H,11-12H2/t15-,16+,17+,18-,19-/m0/s1. The number of ether oxygens (including phenoxy) is 1. The number of hydrogen-bond acceptors (Lipinski definition) is 4. The fourth-order valence-corrected chi connectivity index (χ4v) is 5.12. The van der Waals surface area contributed by atoms with E-state index in [2.05, 4.69) is 21.9 Å². The first-order chi connectivity index (χ1) is 13.1. The Labute approximate surface area is 163 Å². The van der Waals surface area contributed by atoms with E-state index in [1.54, 1.807) is 0 Å². The van der Waals surface area contributed by atoms with E-state index >= 15 is 0 Å². The van der Waals surface area contributed by atoms with Crippen LogP contribution in [0.3, 0.4) is 0 Å². The molecule has 3 aliphatic heterocycles. The number of rotatable bonds is 3. The van der Waals surface area contributed by atoms with Crippen molar-refractivity contribution in [3.63, 3.8) is 0 Å². The summed E-state index contributed by atoms with van der Waals surface area (Å²) in [6.07, 6.45) is -0.774. The van der Waals surface area contributed by atoms with Crippen molar-refractivity contribution < 1.29 is 14.6 Å². The maximum atomic E-state index is 12.5. The first-order valence-corrected chi connectivity index (χ1v) is 9.63. The SMILES string of the molecule is O=C1O[C@@H]2[C@@H]3[C@@H]([C@@H]1C[C@H]2O)N(c1ccccc1)C(=S)N3Cc1ccccc1. The van der Waals surface area contributed by atoms with Gasteiger partial charge in [-0.1, -0.05) is 48.5 Å². The molecule has 0 amide bonds. The summed E-state index contributed by atoms with van der Waals surface area (Å²) in [6.45, 7) is 0.623. The number of anilines is 1.